The number of anilines is 2. The summed E-state index contributed by atoms with van der Waals surface area (Å²) in [4.78, 5) is 27.8. The number of phenols is 1. The SMILES string of the molecule is COc1cc(O)ccc1C(C1C(=O)N(c2ccccc2)N=C1C)C1C(=O)N(c2ccccc2)N=C1C. The smallest absolute Gasteiger partial charge is 0.256 e. The third kappa shape index (κ3) is 3.90. The number of amides is 2. The number of ether oxygens (including phenoxy) is 1. The van der Waals surface area contributed by atoms with Gasteiger partial charge in [-0.3, -0.25) is 9.59 Å². The van der Waals surface area contributed by atoms with Gasteiger partial charge in [-0.15, -0.1) is 0 Å². The van der Waals surface area contributed by atoms with Crippen molar-refractivity contribution in [2.24, 2.45) is 22.0 Å². The van der Waals surface area contributed by atoms with Crippen molar-refractivity contribution in [1.29, 1.82) is 0 Å². The molecule has 0 saturated heterocycles. The quantitative estimate of drug-likeness (QED) is 0.557. The van der Waals surface area contributed by atoms with Crippen molar-refractivity contribution in [2.75, 3.05) is 17.1 Å². The molecule has 1 N–H and O–H groups in total. The molecule has 36 heavy (non-hydrogen) atoms. The Morgan fingerprint density at radius 1 is 0.778 bits per heavy atom. The average molecular weight is 483 g/mol. The highest BCUT2D eigenvalue weighted by Crippen LogP contribution is 2.45. The number of hydrazone groups is 2. The lowest BCUT2D eigenvalue weighted by molar-refractivity contribution is -0.122. The van der Waals surface area contributed by atoms with Crippen LogP contribution in [0.5, 0.6) is 11.5 Å². The Hall–Kier alpha value is -4.46. The van der Waals surface area contributed by atoms with E-state index in [9.17, 15) is 14.7 Å². The molecule has 0 radical (unpaired) electrons. The van der Waals surface area contributed by atoms with Crippen molar-refractivity contribution < 1.29 is 19.4 Å². The Morgan fingerprint density at radius 3 is 1.69 bits per heavy atom. The summed E-state index contributed by atoms with van der Waals surface area (Å²) >= 11 is 0. The van der Waals surface area contributed by atoms with E-state index in [1.807, 2.05) is 60.7 Å². The Morgan fingerprint density at radius 2 is 1.25 bits per heavy atom. The molecule has 8 heteroatoms. The number of para-hydroxylation sites is 2. The summed E-state index contributed by atoms with van der Waals surface area (Å²) in [5, 5.41) is 22.0. The summed E-state index contributed by atoms with van der Waals surface area (Å²) < 4.78 is 5.60. The van der Waals surface area contributed by atoms with E-state index >= 15 is 0 Å². The molecule has 0 saturated carbocycles. The van der Waals surface area contributed by atoms with E-state index in [2.05, 4.69) is 10.2 Å². The van der Waals surface area contributed by atoms with Crippen molar-refractivity contribution in [2.45, 2.75) is 19.8 Å². The van der Waals surface area contributed by atoms with Gasteiger partial charge >= 0.3 is 0 Å². The zero-order chi connectivity index (χ0) is 25.4. The molecule has 0 fully saturated rings. The molecular formula is C28H26N4O4. The zero-order valence-corrected chi connectivity index (χ0v) is 20.2. The minimum absolute atomic E-state index is 0.0254. The molecule has 2 heterocycles. The molecule has 2 atom stereocenters. The van der Waals surface area contributed by atoms with Gasteiger partial charge in [-0.05, 0) is 49.7 Å². The maximum atomic E-state index is 13.9. The van der Waals surface area contributed by atoms with Gasteiger partial charge in [0.15, 0.2) is 0 Å². The van der Waals surface area contributed by atoms with Gasteiger partial charge in [0.25, 0.3) is 11.8 Å². The van der Waals surface area contributed by atoms with Crippen LogP contribution in [0.1, 0.15) is 25.3 Å². The zero-order valence-electron chi connectivity index (χ0n) is 20.2. The maximum Gasteiger partial charge on any atom is 0.256 e. The summed E-state index contributed by atoms with van der Waals surface area (Å²) in [7, 11) is 1.50. The molecular weight excluding hydrogens is 456 g/mol. The normalized spacial score (nSPS) is 20.4. The monoisotopic (exact) mass is 482 g/mol. The molecule has 2 amide bonds. The largest absolute Gasteiger partial charge is 0.508 e. The van der Waals surface area contributed by atoms with Crippen molar-refractivity contribution in [1.82, 2.24) is 0 Å². The summed E-state index contributed by atoms with van der Waals surface area (Å²) in [5.41, 5.74) is 3.09. The first-order valence-corrected chi connectivity index (χ1v) is 11.7. The van der Waals surface area contributed by atoms with E-state index in [1.165, 1.54) is 29.3 Å². The Bertz CT molecular complexity index is 1290. The second-order valence-electron chi connectivity index (χ2n) is 8.86. The van der Waals surface area contributed by atoms with E-state index in [4.69, 9.17) is 4.74 Å². The van der Waals surface area contributed by atoms with Crippen LogP contribution in [0, 0.1) is 11.8 Å². The number of methoxy groups -OCH3 is 1. The van der Waals surface area contributed by atoms with E-state index in [1.54, 1.807) is 19.9 Å². The molecule has 2 unspecified atom stereocenters. The van der Waals surface area contributed by atoms with Crippen molar-refractivity contribution in [3.63, 3.8) is 0 Å². The molecule has 8 nitrogen and oxygen atoms in total. The number of hydrogen-bond acceptors (Lipinski definition) is 6. The summed E-state index contributed by atoms with van der Waals surface area (Å²) in [6.45, 7) is 3.60. The van der Waals surface area contributed by atoms with E-state index < -0.39 is 17.8 Å². The van der Waals surface area contributed by atoms with Crippen LogP contribution in [-0.4, -0.2) is 35.5 Å². The summed E-state index contributed by atoms with van der Waals surface area (Å²) in [6.07, 6.45) is 0. The van der Waals surface area contributed by atoms with Gasteiger partial charge in [-0.25, -0.2) is 10.0 Å². The van der Waals surface area contributed by atoms with Crippen LogP contribution in [0.4, 0.5) is 11.4 Å². The van der Waals surface area contributed by atoms with Crippen LogP contribution in [0.2, 0.25) is 0 Å². The topological polar surface area (TPSA) is 94.8 Å². The van der Waals surface area contributed by atoms with E-state index in [-0.39, 0.29) is 17.6 Å². The van der Waals surface area contributed by atoms with Crippen molar-refractivity contribution in [3.8, 4) is 11.5 Å². The number of aromatic hydroxyl groups is 1. The maximum absolute atomic E-state index is 13.9. The van der Waals surface area contributed by atoms with Crippen LogP contribution < -0.4 is 14.8 Å². The first kappa shape index (κ1) is 23.3. The number of phenolic OH excluding ortho intramolecular Hbond substituents is 1. The molecule has 3 aromatic carbocycles. The van der Waals surface area contributed by atoms with Crippen LogP contribution in [0.25, 0.3) is 0 Å². The molecule has 0 aromatic heterocycles. The van der Waals surface area contributed by atoms with Gasteiger partial charge < -0.3 is 9.84 Å². The number of carbonyl (C=O) groups is 2. The molecule has 182 valence electrons. The lowest BCUT2D eigenvalue weighted by Crippen LogP contribution is -2.40. The van der Waals surface area contributed by atoms with Crippen LogP contribution >= 0.6 is 0 Å². The van der Waals surface area contributed by atoms with Crippen molar-refractivity contribution in [3.05, 3.63) is 84.4 Å². The number of benzene rings is 3. The number of hydrogen-bond donors (Lipinski definition) is 1. The van der Waals surface area contributed by atoms with Gasteiger partial charge in [-0.2, -0.15) is 10.2 Å². The highest BCUT2D eigenvalue weighted by molar-refractivity contribution is 6.19. The fourth-order valence-electron chi connectivity index (χ4n) is 5.02. The molecule has 0 spiro atoms. The molecule has 3 aromatic rings. The van der Waals surface area contributed by atoms with Crippen LogP contribution in [-0.2, 0) is 9.59 Å². The number of nitrogens with zero attached hydrogens (tertiary/aromatic N) is 4. The standard InChI is InChI=1S/C28H26N4O4/c1-17-24(27(34)31(29-17)19-10-6-4-7-11-19)26(22-15-14-21(33)16-23(22)36-3)25-18(2)30-32(28(25)35)20-12-8-5-9-13-20/h4-16,24-26,33H,1-3H3. The number of carbonyl (C=O) groups excluding carboxylic acids is 2. The third-order valence-corrected chi connectivity index (χ3v) is 6.66. The minimum atomic E-state index is -0.738. The average Bonchev–Trinajstić information content (AvgIpc) is 3.36. The molecule has 0 aliphatic carbocycles. The predicted octanol–water partition coefficient (Wildman–Crippen LogP) is 4.56. The van der Waals surface area contributed by atoms with Gasteiger partial charge in [0.05, 0.1) is 30.3 Å². The summed E-state index contributed by atoms with van der Waals surface area (Å²) in [6, 6.07) is 23.1. The van der Waals surface area contributed by atoms with Crippen molar-refractivity contribution >= 4 is 34.6 Å². The molecule has 5 rings (SSSR count). The van der Waals surface area contributed by atoms with E-state index in [0.29, 0.717) is 34.1 Å². The third-order valence-electron chi connectivity index (χ3n) is 6.66. The minimum Gasteiger partial charge on any atom is -0.508 e. The van der Waals surface area contributed by atoms with Gasteiger partial charge in [0, 0.05) is 23.4 Å². The number of rotatable bonds is 6. The first-order chi connectivity index (χ1) is 17.4. The fraction of sp³-hybridized carbons (Fsp3) is 0.214. The molecule has 0 bridgehead atoms. The predicted molar refractivity (Wildman–Crippen MR) is 138 cm³/mol. The second kappa shape index (κ2) is 9.30. The second-order valence-corrected chi connectivity index (χ2v) is 8.86. The molecule has 2 aliphatic heterocycles. The van der Waals surface area contributed by atoms with Crippen LogP contribution in [0.15, 0.2) is 89.1 Å². The molecule has 2 aliphatic rings. The lowest BCUT2D eigenvalue weighted by Gasteiger charge is -2.29. The Kier molecular flexibility index (Phi) is 6.01. The van der Waals surface area contributed by atoms with Gasteiger partial charge in [-0.1, -0.05) is 42.5 Å². The fourth-order valence-corrected chi connectivity index (χ4v) is 5.02. The Labute approximate surface area is 209 Å². The first-order valence-electron chi connectivity index (χ1n) is 11.7. The van der Waals surface area contributed by atoms with Gasteiger partial charge in [0.1, 0.15) is 11.5 Å². The highest BCUT2D eigenvalue weighted by Gasteiger charge is 2.50. The van der Waals surface area contributed by atoms with E-state index in [0.717, 1.165) is 0 Å². The summed E-state index contributed by atoms with van der Waals surface area (Å²) in [5.74, 6) is -2.20. The Balaban J connectivity index is 1.62. The lowest BCUT2D eigenvalue weighted by atomic mass is 9.72. The van der Waals surface area contributed by atoms with Gasteiger partial charge in [0.2, 0.25) is 0 Å². The highest BCUT2D eigenvalue weighted by atomic mass is 16.5. The van der Waals surface area contributed by atoms with Crippen LogP contribution in [0.3, 0.4) is 0 Å².